The summed E-state index contributed by atoms with van der Waals surface area (Å²) in [5, 5.41) is 9.52. The summed E-state index contributed by atoms with van der Waals surface area (Å²) in [6.45, 7) is 2.76. The van der Waals surface area contributed by atoms with Crippen molar-refractivity contribution in [2.45, 2.75) is 6.92 Å². The van der Waals surface area contributed by atoms with E-state index in [1.165, 1.54) is 0 Å². The average molecular weight is 344 g/mol. The molecule has 3 aromatic rings. The smallest absolute Gasteiger partial charge is 0.316 e. The zero-order valence-corrected chi connectivity index (χ0v) is 14.1. The second kappa shape index (κ2) is 7.33. The fraction of sp³-hybridized carbons (Fsp3) is 0.250. The number of aryl methyl sites for hydroxylation is 1. The van der Waals surface area contributed by atoms with Gasteiger partial charge in [-0.15, -0.1) is 11.3 Å². The van der Waals surface area contributed by atoms with Gasteiger partial charge in [-0.2, -0.15) is 4.98 Å². The molecule has 2 aromatic heterocycles. The van der Waals surface area contributed by atoms with Crippen molar-refractivity contribution < 1.29 is 14.1 Å². The highest BCUT2D eigenvalue weighted by molar-refractivity contribution is 7.09. The minimum absolute atomic E-state index is 0.0731. The van der Waals surface area contributed by atoms with Crippen molar-refractivity contribution in [2.75, 3.05) is 20.3 Å². The molecule has 124 valence electrons. The van der Waals surface area contributed by atoms with Gasteiger partial charge in [-0.1, -0.05) is 23.4 Å². The largest absolute Gasteiger partial charge is 0.383 e. The van der Waals surface area contributed by atoms with Crippen LogP contribution in [-0.4, -0.2) is 41.3 Å². The Morgan fingerprint density at radius 2 is 2.17 bits per heavy atom. The molecule has 0 aliphatic rings. The fourth-order valence-corrected chi connectivity index (χ4v) is 2.71. The molecule has 3 rings (SSSR count). The first-order valence-electron chi connectivity index (χ1n) is 7.31. The number of carbonyl (C=O) groups excluding carboxylic acids is 1. The van der Waals surface area contributed by atoms with Crippen LogP contribution in [0.3, 0.4) is 0 Å². The molecule has 24 heavy (non-hydrogen) atoms. The van der Waals surface area contributed by atoms with Crippen molar-refractivity contribution in [2.24, 2.45) is 0 Å². The molecule has 0 aliphatic carbocycles. The number of amides is 1. The van der Waals surface area contributed by atoms with Crippen LogP contribution >= 0.6 is 11.3 Å². The number of aromatic nitrogens is 3. The van der Waals surface area contributed by atoms with E-state index in [4.69, 9.17) is 9.26 Å². The Labute approximate surface area is 142 Å². The molecule has 0 saturated heterocycles. The minimum atomic E-state index is -0.419. The van der Waals surface area contributed by atoms with Crippen molar-refractivity contribution in [3.05, 3.63) is 40.5 Å². The maximum Gasteiger partial charge on any atom is 0.316 e. The molecule has 0 fully saturated rings. The normalized spacial score (nSPS) is 10.8. The van der Waals surface area contributed by atoms with Crippen molar-refractivity contribution >= 4 is 17.2 Å². The number of nitrogens with zero attached hydrogens (tertiary/aromatic N) is 3. The van der Waals surface area contributed by atoms with Crippen molar-refractivity contribution in [3.63, 3.8) is 0 Å². The number of thiazole rings is 1. The van der Waals surface area contributed by atoms with Gasteiger partial charge in [-0.3, -0.25) is 4.79 Å². The molecule has 0 saturated carbocycles. The Kier molecular flexibility index (Phi) is 4.97. The Balaban J connectivity index is 1.79. The number of methoxy groups -OCH3 is 1. The molecule has 0 atom stereocenters. The summed E-state index contributed by atoms with van der Waals surface area (Å²) in [5.41, 5.74) is 2.63. The van der Waals surface area contributed by atoms with Gasteiger partial charge in [0.15, 0.2) is 0 Å². The topological polar surface area (TPSA) is 90.1 Å². The van der Waals surface area contributed by atoms with E-state index in [0.29, 0.717) is 19.0 Å². The lowest BCUT2D eigenvalue weighted by molar-refractivity contribution is 0.0893. The molecule has 8 heteroatoms. The summed E-state index contributed by atoms with van der Waals surface area (Å²) in [6, 6.07) is 7.65. The molecular weight excluding hydrogens is 328 g/mol. The van der Waals surface area contributed by atoms with Gasteiger partial charge < -0.3 is 14.6 Å². The summed E-state index contributed by atoms with van der Waals surface area (Å²) in [4.78, 5) is 20.5. The first-order chi connectivity index (χ1) is 11.7. The molecular formula is C16H16N4O3S. The third-order valence-corrected chi connectivity index (χ3v) is 4.02. The standard InChI is InChI=1S/C16H16N4O3S/c1-10-18-13(9-24-10)11-4-3-5-12(8-11)14-19-16(23-20-14)15(21)17-6-7-22-2/h3-5,8-9H,6-7H2,1-2H3,(H,17,21). The van der Waals surface area contributed by atoms with E-state index in [1.54, 1.807) is 18.4 Å². The van der Waals surface area contributed by atoms with Crippen LogP contribution in [0.4, 0.5) is 0 Å². The van der Waals surface area contributed by atoms with Crippen LogP contribution in [0.1, 0.15) is 15.7 Å². The summed E-state index contributed by atoms with van der Waals surface area (Å²) in [7, 11) is 1.56. The van der Waals surface area contributed by atoms with Gasteiger partial charge in [0.25, 0.3) is 0 Å². The lowest BCUT2D eigenvalue weighted by Gasteiger charge is -2.00. The Bertz CT molecular complexity index is 843. The molecule has 0 radical (unpaired) electrons. The van der Waals surface area contributed by atoms with Crippen molar-refractivity contribution in [1.29, 1.82) is 0 Å². The molecule has 2 heterocycles. The van der Waals surface area contributed by atoms with Crippen LogP contribution in [0.15, 0.2) is 34.2 Å². The predicted molar refractivity (Wildman–Crippen MR) is 89.8 cm³/mol. The number of carbonyl (C=O) groups is 1. The van der Waals surface area contributed by atoms with Crippen LogP contribution in [0, 0.1) is 6.92 Å². The quantitative estimate of drug-likeness (QED) is 0.691. The van der Waals surface area contributed by atoms with E-state index in [1.807, 2.05) is 36.6 Å². The third-order valence-electron chi connectivity index (χ3n) is 3.25. The molecule has 7 nitrogen and oxygen atoms in total. The molecule has 1 aromatic carbocycles. The minimum Gasteiger partial charge on any atom is -0.383 e. The van der Waals surface area contributed by atoms with Gasteiger partial charge in [-0.25, -0.2) is 4.98 Å². The second-order valence-corrected chi connectivity index (χ2v) is 6.07. The van der Waals surface area contributed by atoms with Crippen LogP contribution in [0.5, 0.6) is 0 Å². The molecule has 0 aliphatic heterocycles. The molecule has 1 N–H and O–H groups in total. The first-order valence-corrected chi connectivity index (χ1v) is 8.19. The average Bonchev–Trinajstić information content (AvgIpc) is 3.24. The van der Waals surface area contributed by atoms with Gasteiger partial charge in [0.05, 0.1) is 17.3 Å². The zero-order valence-electron chi connectivity index (χ0n) is 13.3. The van der Waals surface area contributed by atoms with Crippen LogP contribution in [-0.2, 0) is 4.74 Å². The maximum atomic E-state index is 11.9. The lowest BCUT2D eigenvalue weighted by atomic mass is 10.1. The number of benzene rings is 1. The van der Waals surface area contributed by atoms with Crippen LogP contribution in [0.25, 0.3) is 22.6 Å². The Hall–Kier alpha value is -2.58. The van der Waals surface area contributed by atoms with Gasteiger partial charge in [-0.05, 0) is 13.0 Å². The Morgan fingerprint density at radius 3 is 2.92 bits per heavy atom. The van der Waals surface area contributed by atoms with E-state index < -0.39 is 5.91 Å². The highest BCUT2D eigenvalue weighted by Crippen LogP contribution is 2.25. The fourth-order valence-electron chi connectivity index (χ4n) is 2.09. The number of hydrogen-bond acceptors (Lipinski definition) is 7. The van der Waals surface area contributed by atoms with Gasteiger partial charge in [0.2, 0.25) is 5.82 Å². The van der Waals surface area contributed by atoms with E-state index in [-0.39, 0.29) is 5.89 Å². The van der Waals surface area contributed by atoms with E-state index in [2.05, 4.69) is 20.4 Å². The van der Waals surface area contributed by atoms with Crippen LogP contribution < -0.4 is 5.32 Å². The summed E-state index contributed by atoms with van der Waals surface area (Å²) in [6.07, 6.45) is 0. The monoisotopic (exact) mass is 344 g/mol. The summed E-state index contributed by atoms with van der Waals surface area (Å²) < 4.78 is 9.91. The molecule has 1 amide bonds. The summed E-state index contributed by atoms with van der Waals surface area (Å²) in [5.74, 6) is -0.131. The van der Waals surface area contributed by atoms with Crippen LogP contribution in [0.2, 0.25) is 0 Å². The third kappa shape index (κ3) is 3.66. The second-order valence-electron chi connectivity index (χ2n) is 5.00. The zero-order chi connectivity index (χ0) is 16.9. The van der Waals surface area contributed by atoms with E-state index >= 15 is 0 Å². The maximum absolute atomic E-state index is 11.9. The Morgan fingerprint density at radius 1 is 1.33 bits per heavy atom. The van der Waals surface area contributed by atoms with E-state index in [9.17, 15) is 4.79 Å². The first kappa shape index (κ1) is 16.3. The number of ether oxygens (including phenoxy) is 1. The number of nitrogens with one attached hydrogen (secondary N) is 1. The number of rotatable bonds is 6. The van der Waals surface area contributed by atoms with Gasteiger partial charge >= 0.3 is 11.8 Å². The van der Waals surface area contributed by atoms with Crippen molar-refractivity contribution in [1.82, 2.24) is 20.4 Å². The SMILES string of the molecule is COCCNC(=O)c1nc(-c2cccc(-c3csc(C)n3)c2)no1. The van der Waals surface area contributed by atoms with Crippen molar-refractivity contribution in [3.8, 4) is 22.6 Å². The van der Waals surface area contributed by atoms with Gasteiger partial charge in [0.1, 0.15) is 0 Å². The van der Waals surface area contributed by atoms with Gasteiger partial charge in [0, 0.05) is 30.2 Å². The predicted octanol–water partition coefficient (Wildman–Crippen LogP) is 2.54. The van der Waals surface area contributed by atoms with E-state index in [0.717, 1.165) is 21.8 Å². The molecule has 0 spiro atoms. The molecule has 0 unspecified atom stereocenters. The number of hydrogen-bond donors (Lipinski definition) is 1. The molecule has 0 bridgehead atoms. The summed E-state index contributed by atoms with van der Waals surface area (Å²) >= 11 is 1.59. The highest BCUT2D eigenvalue weighted by Gasteiger charge is 2.16. The lowest BCUT2D eigenvalue weighted by Crippen LogP contribution is -2.27. The highest BCUT2D eigenvalue weighted by atomic mass is 32.1.